The van der Waals surface area contributed by atoms with Crippen LogP contribution in [-0.2, 0) is 6.54 Å². The van der Waals surface area contributed by atoms with Gasteiger partial charge in [0.25, 0.3) is 0 Å². The second kappa shape index (κ2) is 9.66. The maximum atomic E-state index is 15.1. The number of nitrogens with one attached hydrogen (secondary N) is 1. The second-order valence-corrected chi connectivity index (χ2v) is 9.82. The van der Waals surface area contributed by atoms with Gasteiger partial charge in [-0.15, -0.1) is 0 Å². The van der Waals surface area contributed by atoms with Crippen molar-refractivity contribution in [2.45, 2.75) is 76.1 Å². The van der Waals surface area contributed by atoms with Gasteiger partial charge in [-0.1, -0.05) is 24.4 Å². The van der Waals surface area contributed by atoms with E-state index >= 15 is 4.39 Å². The first-order valence-electron chi connectivity index (χ1n) is 12.0. The molecule has 0 spiro atoms. The van der Waals surface area contributed by atoms with Gasteiger partial charge in [0.15, 0.2) is 11.6 Å². The van der Waals surface area contributed by atoms with Crippen molar-refractivity contribution in [3.63, 3.8) is 0 Å². The fraction of sp³-hybridized carbons (Fsp3) is 0.542. The number of phenols is 1. The third kappa shape index (κ3) is 4.45. The van der Waals surface area contributed by atoms with Crippen LogP contribution in [0.2, 0.25) is 5.02 Å². The minimum atomic E-state index is -0.988. The molecule has 9 nitrogen and oxygen atoms in total. The Bertz CT molecular complexity index is 1120. The summed E-state index contributed by atoms with van der Waals surface area (Å²) in [5.74, 6) is -0.633. The molecule has 5 rings (SSSR count). The highest BCUT2D eigenvalue weighted by atomic mass is 35.5. The third-order valence-electron chi connectivity index (χ3n) is 7.17. The lowest BCUT2D eigenvalue weighted by Crippen LogP contribution is -2.52. The molecule has 35 heavy (non-hydrogen) atoms. The molecule has 2 heterocycles. The van der Waals surface area contributed by atoms with Gasteiger partial charge in [0.1, 0.15) is 22.3 Å². The van der Waals surface area contributed by atoms with Crippen LogP contribution in [-0.4, -0.2) is 51.5 Å². The fourth-order valence-electron chi connectivity index (χ4n) is 5.29. The molecular formula is C24H29ClFN5O4. The number of aromatic nitrogens is 2. The molecule has 3 N–H and O–H groups in total. The van der Waals surface area contributed by atoms with Crippen LogP contribution < -0.4 is 19.9 Å². The van der Waals surface area contributed by atoms with Gasteiger partial charge in [-0.25, -0.2) is 14.2 Å². The van der Waals surface area contributed by atoms with E-state index in [0.29, 0.717) is 17.3 Å². The van der Waals surface area contributed by atoms with Crippen molar-refractivity contribution < 1.29 is 24.1 Å². The normalized spacial score (nSPS) is 22.9. The van der Waals surface area contributed by atoms with E-state index in [-0.39, 0.29) is 41.2 Å². The van der Waals surface area contributed by atoms with E-state index in [1.54, 1.807) is 11.1 Å². The third-order valence-corrected chi connectivity index (χ3v) is 7.54. The number of halogens is 2. The summed E-state index contributed by atoms with van der Waals surface area (Å²) in [5, 5.41) is 23.2. The van der Waals surface area contributed by atoms with E-state index in [1.165, 1.54) is 12.0 Å². The van der Waals surface area contributed by atoms with Crippen LogP contribution in [0.1, 0.15) is 56.9 Å². The average molecular weight is 506 g/mol. The number of aromatic hydroxyl groups is 1. The molecule has 1 aromatic carbocycles. The number of ether oxygens (including phenoxy) is 1. The lowest BCUT2D eigenvalue weighted by molar-refractivity contribution is 0.126. The summed E-state index contributed by atoms with van der Waals surface area (Å²) >= 11 is 6.42. The zero-order chi connectivity index (χ0) is 24.7. The topological polar surface area (TPSA) is 111 Å². The Morgan fingerprint density at radius 2 is 1.91 bits per heavy atom. The predicted octanol–water partition coefficient (Wildman–Crippen LogP) is 4.59. The molecule has 0 atom stereocenters. The molecule has 1 aromatic heterocycles. The predicted molar refractivity (Wildman–Crippen MR) is 130 cm³/mol. The van der Waals surface area contributed by atoms with Crippen molar-refractivity contribution in [2.75, 3.05) is 22.2 Å². The van der Waals surface area contributed by atoms with Gasteiger partial charge in [-0.2, -0.15) is 4.98 Å². The first-order valence-corrected chi connectivity index (χ1v) is 12.4. The number of fused-ring (bicyclic) bond motifs is 1. The van der Waals surface area contributed by atoms with Crippen molar-refractivity contribution in [1.29, 1.82) is 0 Å². The van der Waals surface area contributed by atoms with Crippen LogP contribution in [0, 0.1) is 5.82 Å². The van der Waals surface area contributed by atoms with Crippen LogP contribution in [0.15, 0.2) is 12.3 Å². The summed E-state index contributed by atoms with van der Waals surface area (Å²) in [5.41, 5.74) is 0.420. The fourth-order valence-corrected chi connectivity index (χ4v) is 5.60. The van der Waals surface area contributed by atoms with Gasteiger partial charge >= 0.3 is 6.03 Å². The number of carbonyl (C=O) groups is 1. The number of nitrogens with zero attached hydrogens (tertiary/aromatic N) is 4. The maximum absolute atomic E-state index is 15.1. The van der Waals surface area contributed by atoms with E-state index in [2.05, 4.69) is 10.3 Å². The number of urea groups is 1. The molecule has 2 aliphatic carbocycles. The minimum Gasteiger partial charge on any atom is -0.505 e. The van der Waals surface area contributed by atoms with Crippen molar-refractivity contribution in [2.24, 2.45) is 0 Å². The van der Waals surface area contributed by atoms with E-state index in [0.717, 1.165) is 57.4 Å². The molecule has 2 amide bonds. The number of rotatable bonds is 5. The summed E-state index contributed by atoms with van der Waals surface area (Å²) in [6, 6.07) is 0.699. The van der Waals surface area contributed by atoms with Crippen LogP contribution in [0.25, 0.3) is 0 Å². The highest BCUT2D eigenvalue weighted by Crippen LogP contribution is 2.45. The van der Waals surface area contributed by atoms with Gasteiger partial charge in [0.2, 0.25) is 5.95 Å². The van der Waals surface area contributed by atoms with Crippen LogP contribution in [0.3, 0.4) is 0 Å². The highest BCUT2D eigenvalue weighted by molar-refractivity contribution is 6.35. The minimum absolute atomic E-state index is 0.00344. The van der Waals surface area contributed by atoms with Gasteiger partial charge in [0, 0.05) is 29.9 Å². The quantitative estimate of drug-likeness (QED) is 0.545. The molecule has 2 saturated carbocycles. The molecule has 2 aromatic rings. The van der Waals surface area contributed by atoms with Crippen molar-refractivity contribution >= 4 is 35.1 Å². The zero-order valence-electron chi connectivity index (χ0n) is 19.5. The molecule has 188 valence electrons. The monoisotopic (exact) mass is 505 g/mol. The number of carbonyl (C=O) groups excluding carboxylic acids is 1. The summed E-state index contributed by atoms with van der Waals surface area (Å²) in [7, 11) is 1.36. The zero-order valence-corrected chi connectivity index (χ0v) is 20.3. The SMILES string of the molecule is COc1cc(O)c(F)c(N2Cc3cnc(NC4CCC(O)CC4)nc3N(C3CCCC3)C2=O)c1Cl. The number of benzene rings is 1. The Morgan fingerprint density at radius 3 is 2.60 bits per heavy atom. The Hall–Kier alpha value is -2.85. The van der Waals surface area contributed by atoms with Crippen molar-refractivity contribution in [1.82, 2.24) is 9.97 Å². The molecule has 1 aliphatic heterocycles. The molecule has 0 radical (unpaired) electrons. The molecule has 2 fully saturated rings. The molecule has 0 unspecified atom stereocenters. The number of amides is 2. The molecular weight excluding hydrogens is 477 g/mol. The number of aliphatic hydroxyl groups excluding tert-OH is 1. The number of methoxy groups -OCH3 is 1. The lowest BCUT2D eigenvalue weighted by Gasteiger charge is -2.39. The van der Waals surface area contributed by atoms with Gasteiger partial charge < -0.3 is 20.3 Å². The van der Waals surface area contributed by atoms with E-state index in [1.807, 2.05) is 0 Å². The van der Waals surface area contributed by atoms with Crippen LogP contribution >= 0.6 is 11.6 Å². The van der Waals surface area contributed by atoms with Gasteiger partial charge in [-0.3, -0.25) is 9.80 Å². The first kappa shape index (κ1) is 23.9. The number of phenolic OH excluding ortho intramolecular Hbond substituents is 1. The molecule has 0 bridgehead atoms. The smallest absolute Gasteiger partial charge is 0.330 e. The summed E-state index contributed by atoms with van der Waals surface area (Å²) in [4.78, 5) is 25.9. The first-order chi connectivity index (χ1) is 16.9. The van der Waals surface area contributed by atoms with Gasteiger partial charge in [0.05, 0.1) is 19.8 Å². The number of aliphatic hydroxyl groups is 1. The summed E-state index contributed by atoms with van der Waals surface area (Å²) < 4.78 is 20.3. The molecule has 11 heteroatoms. The van der Waals surface area contributed by atoms with E-state index < -0.39 is 17.6 Å². The lowest BCUT2D eigenvalue weighted by atomic mass is 9.93. The largest absolute Gasteiger partial charge is 0.505 e. The number of hydrogen-bond acceptors (Lipinski definition) is 7. The second-order valence-electron chi connectivity index (χ2n) is 9.44. The van der Waals surface area contributed by atoms with Crippen molar-refractivity contribution in [3.8, 4) is 11.5 Å². The van der Waals surface area contributed by atoms with Gasteiger partial charge in [-0.05, 0) is 38.5 Å². The standard InChI is InChI=1S/C24H29ClFN5O4/c1-35-18-10-17(33)20(26)21(19(18)25)30-12-13-11-27-23(28-14-6-8-16(32)9-7-14)29-22(13)31(24(30)34)15-4-2-3-5-15/h10-11,14-16,32-33H,2-9,12H2,1H3,(H,27,28,29). The summed E-state index contributed by atoms with van der Waals surface area (Å²) in [6.07, 6.45) is 8.07. The van der Waals surface area contributed by atoms with Crippen LogP contribution in [0.5, 0.6) is 11.5 Å². The maximum Gasteiger partial charge on any atom is 0.330 e. The Kier molecular flexibility index (Phi) is 6.59. The highest BCUT2D eigenvalue weighted by Gasteiger charge is 2.41. The van der Waals surface area contributed by atoms with Crippen molar-refractivity contribution in [3.05, 3.63) is 28.7 Å². The van der Waals surface area contributed by atoms with E-state index in [9.17, 15) is 15.0 Å². The molecule has 3 aliphatic rings. The van der Waals surface area contributed by atoms with Crippen LogP contribution in [0.4, 0.5) is 26.6 Å². The number of anilines is 3. The number of hydrogen-bond donors (Lipinski definition) is 3. The average Bonchev–Trinajstić information content (AvgIpc) is 3.38. The Balaban J connectivity index is 1.52. The Morgan fingerprint density at radius 1 is 1.20 bits per heavy atom. The Labute approximate surface area is 207 Å². The van der Waals surface area contributed by atoms with E-state index in [4.69, 9.17) is 21.3 Å². The summed E-state index contributed by atoms with van der Waals surface area (Å²) in [6.45, 7) is -0.00344. The molecule has 0 saturated heterocycles.